The van der Waals surface area contributed by atoms with Crippen LogP contribution in [0.5, 0.6) is 0 Å². The van der Waals surface area contributed by atoms with Gasteiger partial charge >= 0.3 is 6.18 Å². The number of aromatic nitrogens is 4. The number of halogens is 3. The predicted octanol–water partition coefficient (Wildman–Crippen LogP) is 2.43. The van der Waals surface area contributed by atoms with Crippen molar-refractivity contribution in [1.29, 1.82) is 0 Å². The Hall–Kier alpha value is -4.29. The lowest BCUT2D eigenvalue weighted by atomic mass is 9.96. The highest BCUT2D eigenvalue weighted by molar-refractivity contribution is 5.96. The maximum atomic E-state index is 12.7. The summed E-state index contributed by atoms with van der Waals surface area (Å²) in [5.41, 5.74) is 6.91. The van der Waals surface area contributed by atoms with E-state index in [1.54, 1.807) is 4.90 Å². The van der Waals surface area contributed by atoms with Crippen LogP contribution in [0.15, 0.2) is 42.9 Å². The Morgan fingerprint density at radius 2 is 1.81 bits per heavy atom. The first-order valence-electron chi connectivity index (χ1n) is 11.5. The van der Waals surface area contributed by atoms with Gasteiger partial charge in [-0.25, -0.2) is 19.9 Å². The minimum absolute atomic E-state index is 0.0300. The van der Waals surface area contributed by atoms with Gasteiger partial charge in [0.05, 0.1) is 17.5 Å². The lowest BCUT2D eigenvalue weighted by Crippen LogP contribution is -2.41. The molecule has 1 aromatic carbocycles. The lowest BCUT2D eigenvalue weighted by Gasteiger charge is -2.31. The van der Waals surface area contributed by atoms with Crippen molar-refractivity contribution in [2.75, 3.05) is 30.8 Å². The maximum absolute atomic E-state index is 12.7. The fourth-order valence-electron chi connectivity index (χ4n) is 3.97. The van der Waals surface area contributed by atoms with Crippen LogP contribution >= 0.6 is 0 Å². The molecule has 1 saturated heterocycles. The third-order valence-electron chi connectivity index (χ3n) is 6.05. The van der Waals surface area contributed by atoms with Crippen LogP contribution in [0.25, 0.3) is 11.3 Å². The summed E-state index contributed by atoms with van der Waals surface area (Å²) in [5.74, 6) is -0.526. The molecule has 0 atom stereocenters. The van der Waals surface area contributed by atoms with Crippen LogP contribution in [0, 0.1) is 5.92 Å². The Balaban J connectivity index is 1.33. The van der Waals surface area contributed by atoms with E-state index >= 15 is 0 Å². The van der Waals surface area contributed by atoms with Crippen molar-refractivity contribution in [1.82, 2.24) is 30.6 Å². The molecular formula is C24H25F3N8O2. The molecule has 13 heteroatoms. The molecule has 3 aromatic rings. The molecule has 0 bridgehead atoms. The van der Waals surface area contributed by atoms with Gasteiger partial charge in [0.1, 0.15) is 0 Å². The number of nitrogens with one attached hydrogen (secondary N) is 2. The van der Waals surface area contributed by atoms with Crippen LogP contribution in [0.2, 0.25) is 0 Å². The smallest absolute Gasteiger partial charge is 0.382 e. The minimum atomic E-state index is -4.49. The average Bonchev–Trinajstić information content (AvgIpc) is 2.91. The first-order chi connectivity index (χ1) is 17.7. The molecule has 0 saturated carbocycles. The second kappa shape index (κ2) is 10.8. The van der Waals surface area contributed by atoms with Gasteiger partial charge in [0, 0.05) is 50.6 Å². The number of nitrogen functional groups attached to an aromatic ring is 1. The molecule has 3 heterocycles. The zero-order valence-corrected chi connectivity index (χ0v) is 19.9. The molecule has 2 aromatic heterocycles. The molecule has 1 aliphatic heterocycles. The van der Waals surface area contributed by atoms with E-state index in [2.05, 4.69) is 30.6 Å². The van der Waals surface area contributed by atoms with Gasteiger partial charge in [-0.2, -0.15) is 13.2 Å². The number of hydrogen-bond acceptors (Lipinski definition) is 8. The third-order valence-corrected chi connectivity index (χ3v) is 6.05. The van der Waals surface area contributed by atoms with Crippen LogP contribution in [0.3, 0.4) is 0 Å². The van der Waals surface area contributed by atoms with Crippen molar-refractivity contribution in [3.8, 4) is 11.3 Å². The van der Waals surface area contributed by atoms with Crippen LogP contribution < -0.4 is 21.3 Å². The number of carbonyl (C=O) groups is 2. The van der Waals surface area contributed by atoms with E-state index in [0.717, 1.165) is 18.0 Å². The van der Waals surface area contributed by atoms with Gasteiger partial charge < -0.3 is 21.3 Å². The van der Waals surface area contributed by atoms with E-state index in [9.17, 15) is 22.8 Å². The van der Waals surface area contributed by atoms with E-state index in [1.165, 1.54) is 13.2 Å². The highest BCUT2D eigenvalue weighted by Crippen LogP contribution is 2.29. The fourth-order valence-corrected chi connectivity index (χ4v) is 3.97. The highest BCUT2D eigenvalue weighted by atomic mass is 19.4. The van der Waals surface area contributed by atoms with Crippen molar-refractivity contribution in [3.05, 3.63) is 59.7 Å². The number of carbonyl (C=O) groups excluding carboxylic acids is 2. The van der Waals surface area contributed by atoms with Gasteiger partial charge in [-0.05, 0) is 24.5 Å². The molecule has 4 N–H and O–H groups in total. The molecule has 0 radical (unpaired) electrons. The molecule has 194 valence electrons. The third kappa shape index (κ3) is 6.11. The molecule has 37 heavy (non-hydrogen) atoms. The monoisotopic (exact) mass is 514 g/mol. The molecule has 0 unspecified atom stereocenters. The van der Waals surface area contributed by atoms with E-state index in [4.69, 9.17) is 5.73 Å². The van der Waals surface area contributed by atoms with Gasteiger partial charge in [0.15, 0.2) is 11.5 Å². The van der Waals surface area contributed by atoms with Crippen LogP contribution in [0.4, 0.5) is 24.9 Å². The molecule has 1 fully saturated rings. The zero-order valence-electron chi connectivity index (χ0n) is 19.9. The quantitative estimate of drug-likeness (QED) is 0.456. The lowest BCUT2D eigenvalue weighted by molar-refractivity contribution is -0.138. The summed E-state index contributed by atoms with van der Waals surface area (Å²) in [6.45, 7) is 1.21. The number of hydrogen-bond donors (Lipinski definition) is 3. The zero-order chi connectivity index (χ0) is 26.6. The van der Waals surface area contributed by atoms with Gasteiger partial charge in [-0.1, -0.05) is 18.2 Å². The summed E-state index contributed by atoms with van der Waals surface area (Å²) in [5, 5.41) is 5.42. The summed E-state index contributed by atoms with van der Waals surface area (Å²) in [7, 11) is 1.48. The van der Waals surface area contributed by atoms with E-state index in [1.807, 2.05) is 24.3 Å². The van der Waals surface area contributed by atoms with E-state index in [0.29, 0.717) is 43.7 Å². The summed E-state index contributed by atoms with van der Waals surface area (Å²) in [6, 6.07) is 7.34. The van der Waals surface area contributed by atoms with Gasteiger partial charge in [-0.15, -0.1) is 0 Å². The summed E-state index contributed by atoms with van der Waals surface area (Å²) < 4.78 is 38.1. The Labute approximate surface area is 210 Å². The number of anilines is 2. The Morgan fingerprint density at radius 3 is 2.46 bits per heavy atom. The first-order valence-corrected chi connectivity index (χ1v) is 11.5. The van der Waals surface area contributed by atoms with Crippen molar-refractivity contribution in [2.45, 2.75) is 25.6 Å². The summed E-state index contributed by atoms with van der Waals surface area (Å²) in [6.07, 6.45) is -0.415. The van der Waals surface area contributed by atoms with Crippen molar-refractivity contribution in [2.24, 2.45) is 5.92 Å². The minimum Gasteiger partial charge on any atom is -0.382 e. The molecule has 10 nitrogen and oxygen atoms in total. The number of benzene rings is 1. The normalized spacial score (nSPS) is 14.3. The number of amides is 2. The second-order valence-corrected chi connectivity index (χ2v) is 8.52. The van der Waals surface area contributed by atoms with Crippen LogP contribution in [-0.2, 0) is 17.5 Å². The Kier molecular flexibility index (Phi) is 7.50. The molecule has 0 aliphatic carbocycles. The van der Waals surface area contributed by atoms with Crippen molar-refractivity contribution >= 4 is 23.6 Å². The fraction of sp³-hybridized carbons (Fsp3) is 0.333. The largest absolute Gasteiger partial charge is 0.419 e. The predicted molar refractivity (Wildman–Crippen MR) is 129 cm³/mol. The maximum Gasteiger partial charge on any atom is 0.419 e. The number of rotatable bonds is 6. The Bertz CT molecular complexity index is 1280. The van der Waals surface area contributed by atoms with E-state index in [-0.39, 0.29) is 29.3 Å². The van der Waals surface area contributed by atoms with Crippen LogP contribution in [0.1, 0.15) is 34.5 Å². The number of piperidine rings is 1. The SMILES string of the molecule is CNC(=O)c1nc(-c2cccc(CNC(=O)C3CCN(c4ncc(C(F)(F)F)cn4)CC3)c2)cnc1N. The second-order valence-electron chi connectivity index (χ2n) is 8.52. The van der Waals surface area contributed by atoms with Gasteiger partial charge in [0.2, 0.25) is 11.9 Å². The van der Waals surface area contributed by atoms with Gasteiger partial charge in [0.25, 0.3) is 5.91 Å². The molecule has 4 rings (SSSR count). The van der Waals surface area contributed by atoms with Crippen molar-refractivity contribution < 1.29 is 22.8 Å². The number of alkyl halides is 3. The van der Waals surface area contributed by atoms with Crippen molar-refractivity contribution in [3.63, 3.8) is 0 Å². The topological polar surface area (TPSA) is 139 Å². The van der Waals surface area contributed by atoms with Crippen LogP contribution in [-0.4, -0.2) is 51.9 Å². The number of nitrogens with two attached hydrogens (primary N) is 1. The summed E-state index contributed by atoms with van der Waals surface area (Å²) >= 11 is 0. The number of nitrogens with zero attached hydrogens (tertiary/aromatic N) is 5. The molecule has 0 spiro atoms. The molecule has 2 amide bonds. The van der Waals surface area contributed by atoms with Gasteiger partial charge in [-0.3, -0.25) is 9.59 Å². The standard InChI is InChI=1S/C24H25F3N8O2/c1-29-22(37)19-20(28)30-13-18(34-19)16-4-2-3-14(9-16)10-31-21(36)15-5-7-35(8-6-15)23-32-11-17(12-33-23)24(25,26)27/h2-4,9,11-13,15H,5-8,10H2,1H3,(H2,28,30)(H,29,37)(H,31,36). The van der Waals surface area contributed by atoms with E-state index < -0.39 is 17.6 Å². The molecular weight excluding hydrogens is 489 g/mol. The summed E-state index contributed by atoms with van der Waals surface area (Å²) in [4.78, 5) is 42.5. The highest BCUT2D eigenvalue weighted by Gasteiger charge is 2.32. The molecule has 1 aliphatic rings. The average molecular weight is 515 g/mol. The Morgan fingerprint density at radius 1 is 1.11 bits per heavy atom. The first kappa shape index (κ1) is 25.8.